The van der Waals surface area contributed by atoms with E-state index in [9.17, 15) is 9.59 Å². The molecule has 0 spiro atoms. The minimum absolute atomic E-state index is 0.00575. The summed E-state index contributed by atoms with van der Waals surface area (Å²) in [4.78, 5) is 23.5. The number of carbonyl (C=O) groups excluding carboxylic acids is 2. The Morgan fingerprint density at radius 2 is 2.00 bits per heavy atom. The van der Waals surface area contributed by atoms with Gasteiger partial charge < -0.3 is 9.88 Å². The second-order valence-corrected chi connectivity index (χ2v) is 6.94. The van der Waals surface area contributed by atoms with Crippen molar-refractivity contribution in [3.63, 3.8) is 0 Å². The van der Waals surface area contributed by atoms with E-state index in [2.05, 4.69) is 15.5 Å². The number of thioether (sulfide) groups is 1. The molecule has 6 nitrogen and oxygen atoms in total. The molecular formula is C16H18N4O2S. The molecule has 1 aromatic heterocycles. The number of amides is 1. The van der Waals surface area contributed by atoms with Crippen LogP contribution in [0.15, 0.2) is 35.7 Å². The molecule has 3 rings (SSSR count). The van der Waals surface area contributed by atoms with Crippen molar-refractivity contribution in [1.82, 2.24) is 14.8 Å². The number of anilines is 1. The molecule has 1 unspecified atom stereocenters. The van der Waals surface area contributed by atoms with Crippen LogP contribution in [0.1, 0.15) is 43.1 Å². The molecule has 1 fully saturated rings. The highest BCUT2D eigenvalue weighted by Gasteiger charge is 2.27. The Bertz CT molecular complexity index is 722. The van der Waals surface area contributed by atoms with Crippen LogP contribution in [0.5, 0.6) is 0 Å². The molecule has 0 saturated heterocycles. The van der Waals surface area contributed by atoms with E-state index in [0.717, 1.165) is 18.0 Å². The van der Waals surface area contributed by atoms with Crippen LogP contribution in [0.2, 0.25) is 0 Å². The first kappa shape index (κ1) is 15.7. The molecule has 1 aliphatic carbocycles. The maximum absolute atomic E-state index is 12.3. The average molecular weight is 330 g/mol. The van der Waals surface area contributed by atoms with Crippen molar-refractivity contribution in [1.29, 1.82) is 0 Å². The normalized spacial score (nSPS) is 15.2. The lowest BCUT2D eigenvalue weighted by Crippen LogP contribution is -2.22. The van der Waals surface area contributed by atoms with E-state index < -0.39 is 0 Å². The van der Waals surface area contributed by atoms with E-state index in [4.69, 9.17) is 0 Å². The highest BCUT2D eigenvalue weighted by atomic mass is 32.2. The molecule has 1 aliphatic rings. The van der Waals surface area contributed by atoms with E-state index in [1.807, 2.05) is 11.5 Å². The molecule has 1 aromatic carbocycles. The summed E-state index contributed by atoms with van der Waals surface area (Å²) < 4.78 is 2.04. The first-order chi connectivity index (χ1) is 11.0. The van der Waals surface area contributed by atoms with Gasteiger partial charge in [0.15, 0.2) is 10.9 Å². The summed E-state index contributed by atoms with van der Waals surface area (Å²) in [5.74, 6) is -0.0952. The Morgan fingerprint density at radius 1 is 1.30 bits per heavy atom. The van der Waals surface area contributed by atoms with E-state index in [1.54, 1.807) is 30.6 Å². The van der Waals surface area contributed by atoms with Crippen LogP contribution in [-0.2, 0) is 4.79 Å². The van der Waals surface area contributed by atoms with Gasteiger partial charge in [0.2, 0.25) is 5.91 Å². The second kappa shape index (κ2) is 6.54. The van der Waals surface area contributed by atoms with Gasteiger partial charge in [0, 0.05) is 17.3 Å². The fourth-order valence-electron chi connectivity index (χ4n) is 2.16. The second-order valence-electron chi connectivity index (χ2n) is 5.63. The standard InChI is InChI=1S/C16H18N4O2S/c1-10(21)12-3-5-13(6-4-12)18-15(22)11(2)23-16-19-17-9-20(16)14-7-8-14/h3-6,9,11,14H,7-8H2,1-2H3,(H,18,22). The number of aromatic nitrogens is 3. The topological polar surface area (TPSA) is 76.9 Å². The van der Waals surface area contributed by atoms with Gasteiger partial charge in [0.05, 0.1) is 5.25 Å². The molecule has 1 atom stereocenters. The van der Waals surface area contributed by atoms with Gasteiger partial charge in [-0.1, -0.05) is 11.8 Å². The molecule has 0 radical (unpaired) electrons. The summed E-state index contributed by atoms with van der Waals surface area (Å²) in [6, 6.07) is 7.37. The van der Waals surface area contributed by atoms with Crippen LogP contribution in [0.3, 0.4) is 0 Å². The smallest absolute Gasteiger partial charge is 0.237 e. The lowest BCUT2D eigenvalue weighted by Gasteiger charge is -2.12. The van der Waals surface area contributed by atoms with Crippen LogP contribution < -0.4 is 5.32 Å². The van der Waals surface area contributed by atoms with Gasteiger partial charge in [0.25, 0.3) is 0 Å². The first-order valence-electron chi connectivity index (χ1n) is 7.52. The quantitative estimate of drug-likeness (QED) is 0.651. The lowest BCUT2D eigenvalue weighted by atomic mass is 10.1. The molecule has 1 heterocycles. The summed E-state index contributed by atoms with van der Waals surface area (Å²) in [7, 11) is 0. The predicted octanol–water partition coefficient (Wildman–Crippen LogP) is 2.93. The number of hydrogen-bond donors (Lipinski definition) is 1. The highest BCUT2D eigenvalue weighted by molar-refractivity contribution is 8.00. The van der Waals surface area contributed by atoms with Gasteiger partial charge in [-0.2, -0.15) is 0 Å². The Kier molecular flexibility index (Phi) is 4.47. The third-order valence-corrected chi connectivity index (χ3v) is 4.76. The Labute approximate surface area is 138 Å². The summed E-state index contributed by atoms with van der Waals surface area (Å²) in [6.07, 6.45) is 4.02. The molecular weight excluding hydrogens is 312 g/mol. The van der Waals surface area contributed by atoms with Crippen molar-refractivity contribution in [3.8, 4) is 0 Å². The average Bonchev–Trinajstić information content (AvgIpc) is 3.27. The third-order valence-electron chi connectivity index (χ3n) is 3.69. The largest absolute Gasteiger partial charge is 0.325 e. The zero-order valence-corrected chi connectivity index (χ0v) is 13.8. The predicted molar refractivity (Wildman–Crippen MR) is 88.7 cm³/mol. The van der Waals surface area contributed by atoms with Gasteiger partial charge in [0.1, 0.15) is 6.33 Å². The number of nitrogens with zero attached hydrogens (tertiary/aromatic N) is 3. The summed E-state index contributed by atoms with van der Waals surface area (Å²) >= 11 is 1.40. The fraction of sp³-hybridized carbons (Fsp3) is 0.375. The fourth-order valence-corrected chi connectivity index (χ4v) is 3.06. The van der Waals surface area contributed by atoms with Crippen LogP contribution in [-0.4, -0.2) is 31.7 Å². The number of nitrogens with one attached hydrogen (secondary N) is 1. The third kappa shape index (κ3) is 3.79. The summed E-state index contributed by atoms with van der Waals surface area (Å²) in [5.41, 5.74) is 1.30. The minimum Gasteiger partial charge on any atom is -0.325 e. The lowest BCUT2D eigenvalue weighted by molar-refractivity contribution is -0.115. The maximum Gasteiger partial charge on any atom is 0.237 e. The SMILES string of the molecule is CC(=O)c1ccc(NC(=O)C(C)Sc2nncn2C2CC2)cc1. The van der Waals surface area contributed by atoms with Crippen molar-refractivity contribution in [3.05, 3.63) is 36.2 Å². The summed E-state index contributed by atoms with van der Waals surface area (Å²) in [5, 5.41) is 11.4. The van der Waals surface area contributed by atoms with Crippen LogP contribution in [0.4, 0.5) is 5.69 Å². The van der Waals surface area contributed by atoms with Crippen molar-refractivity contribution >= 4 is 29.1 Å². The molecule has 23 heavy (non-hydrogen) atoms. The summed E-state index contributed by atoms with van der Waals surface area (Å²) in [6.45, 7) is 3.36. The van der Waals surface area contributed by atoms with Crippen LogP contribution in [0, 0.1) is 0 Å². The molecule has 2 aromatic rings. The van der Waals surface area contributed by atoms with Gasteiger partial charge >= 0.3 is 0 Å². The molecule has 1 amide bonds. The van der Waals surface area contributed by atoms with Gasteiger partial charge in [-0.05, 0) is 51.0 Å². The Hall–Kier alpha value is -2.15. The molecule has 0 bridgehead atoms. The van der Waals surface area contributed by atoms with Crippen LogP contribution >= 0.6 is 11.8 Å². The van der Waals surface area contributed by atoms with Gasteiger partial charge in [-0.15, -0.1) is 10.2 Å². The minimum atomic E-state index is -0.288. The van der Waals surface area contributed by atoms with E-state index >= 15 is 0 Å². The maximum atomic E-state index is 12.3. The number of Topliss-reactive ketones (excluding diaryl/α,β-unsaturated/α-hetero) is 1. The molecule has 120 valence electrons. The number of benzene rings is 1. The number of rotatable bonds is 6. The first-order valence-corrected chi connectivity index (χ1v) is 8.40. The Morgan fingerprint density at radius 3 is 2.61 bits per heavy atom. The number of ketones is 1. The molecule has 1 N–H and O–H groups in total. The Balaban J connectivity index is 1.60. The van der Waals surface area contributed by atoms with Gasteiger partial charge in [-0.25, -0.2) is 0 Å². The van der Waals surface area contributed by atoms with E-state index in [1.165, 1.54) is 18.7 Å². The molecule has 7 heteroatoms. The van der Waals surface area contributed by atoms with Crippen molar-refractivity contribution in [2.75, 3.05) is 5.32 Å². The van der Waals surface area contributed by atoms with E-state index in [0.29, 0.717) is 17.3 Å². The molecule has 1 saturated carbocycles. The van der Waals surface area contributed by atoms with Crippen LogP contribution in [0.25, 0.3) is 0 Å². The van der Waals surface area contributed by atoms with Gasteiger partial charge in [-0.3, -0.25) is 9.59 Å². The van der Waals surface area contributed by atoms with Crippen molar-refractivity contribution in [2.24, 2.45) is 0 Å². The van der Waals surface area contributed by atoms with Crippen molar-refractivity contribution in [2.45, 2.75) is 43.1 Å². The highest BCUT2D eigenvalue weighted by Crippen LogP contribution is 2.38. The monoisotopic (exact) mass is 330 g/mol. The molecule has 0 aliphatic heterocycles. The zero-order valence-electron chi connectivity index (χ0n) is 13.0. The van der Waals surface area contributed by atoms with E-state index in [-0.39, 0.29) is 16.9 Å². The number of hydrogen-bond acceptors (Lipinski definition) is 5. The van der Waals surface area contributed by atoms with Crippen molar-refractivity contribution < 1.29 is 9.59 Å². The zero-order chi connectivity index (χ0) is 16.4. The number of carbonyl (C=O) groups is 2.